The van der Waals surface area contributed by atoms with Crippen LogP contribution in [0.5, 0.6) is 0 Å². The van der Waals surface area contributed by atoms with Crippen LogP contribution >= 0.6 is 0 Å². The lowest BCUT2D eigenvalue weighted by Gasteiger charge is -2.17. The Morgan fingerprint density at radius 2 is 1.62 bits per heavy atom. The highest BCUT2D eigenvalue weighted by molar-refractivity contribution is 6.02. The van der Waals surface area contributed by atoms with Crippen LogP contribution in [0.25, 0.3) is 22.5 Å². The van der Waals surface area contributed by atoms with Crippen LogP contribution in [0.1, 0.15) is 29.3 Å². The van der Waals surface area contributed by atoms with E-state index in [1.165, 1.54) is 0 Å². The number of rotatable bonds is 8. The van der Waals surface area contributed by atoms with Gasteiger partial charge in [-0.2, -0.15) is 0 Å². The van der Waals surface area contributed by atoms with Crippen molar-refractivity contribution in [2.45, 2.75) is 13.5 Å². The molecule has 3 N–H and O–H groups in total. The smallest absolute Gasteiger partial charge is 0.0732 e. The lowest BCUT2D eigenvalue weighted by atomic mass is 9.96. The molecule has 4 nitrogen and oxygen atoms in total. The van der Waals surface area contributed by atoms with Crippen LogP contribution in [-0.4, -0.2) is 10.7 Å². The second kappa shape index (κ2) is 10.5. The average molecular weight is 445 g/mol. The van der Waals surface area contributed by atoms with E-state index in [2.05, 4.69) is 41.7 Å². The van der Waals surface area contributed by atoms with Gasteiger partial charge < -0.3 is 11.1 Å². The first-order valence-corrected chi connectivity index (χ1v) is 11.1. The number of pyridine rings is 1. The number of nitrogens with zero attached hydrogens (tertiary/aromatic N) is 2. The molecule has 0 aliphatic heterocycles. The number of benzene rings is 3. The Bertz CT molecular complexity index is 1340. The van der Waals surface area contributed by atoms with Gasteiger partial charge in [0.15, 0.2) is 0 Å². The first-order valence-electron chi connectivity index (χ1n) is 11.1. The lowest BCUT2D eigenvalue weighted by Crippen LogP contribution is -2.13. The predicted octanol–water partition coefficient (Wildman–Crippen LogP) is 6.58. The van der Waals surface area contributed by atoms with Crippen LogP contribution in [0.15, 0.2) is 115 Å². The Balaban J connectivity index is 1.76. The zero-order chi connectivity index (χ0) is 23.9. The third-order valence-electron chi connectivity index (χ3n) is 5.58. The molecule has 3 aromatic carbocycles. The Kier molecular flexibility index (Phi) is 6.99. The van der Waals surface area contributed by atoms with Gasteiger partial charge >= 0.3 is 0 Å². The third-order valence-corrected chi connectivity index (χ3v) is 5.58. The summed E-state index contributed by atoms with van der Waals surface area (Å²) in [6.07, 6.45) is 1.79. The van der Waals surface area contributed by atoms with E-state index < -0.39 is 0 Å². The van der Waals surface area contributed by atoms with Gasteiger partial charge in [-0.25, -0.2) is 0 Å². The van der Waals surface area contributed by atoms with E-state index in [-0.39, 0.29) is 0 Å². The molecule has 1 aromatic heterocycles. The maximum absolute atomic E-state index is 5.91. The van der Waals surface area contributed by atoms with Crippen molar-refractivity contribution in [3.8, 4) is 11.1 Å². The molecule has 0 aliphatic rings. The number of aliphatic imine (C=N–C) groups is 1. The molecular formula is C30H28N4. The normalized spacial score (nSPS) is 11.1. The summed E-state index contributed by atoms with van der Waals surface area (Å²) in [7, 11) is 0. The quantitative estimate of drug-likeness (QED) is 0.302. The van der Waals surface area contributed by atoms with E-state index in [0.717, 1.165) is 50.6 Å². The highest BCUT2D eigenvalue weighted by atomic mass is 14.9. The van der Waals surface area contributed by atoms with E-state index in [1.54, 1.807) is 6.20 Å². The molecule has 0 saturated heterocycles. The van der Waals surface area contributed by atoms with Gasteiger partial charge in [0.2, 0.25) is 0 Å². The zero-order valence-electron chi connectivity index (χ0n) is 19.3. The van der Waals surface area contributed by atoms with Crippen LogP contribution in [0.2, 0.25) is 0 Å². The fourth-order valence-corrected chi connectivity index (χ4v) is 3.79. The summed E-state index contributed by atoms with van der Waals surface area (Å²) in [6.45, 7) is 10.8. The SMILES string of the molecule is C=C(N)c1cccc(C(C)=Nc2cccc(-c3ccccc3)c2C(=C)NCc2ccccn2)c1. The monoisotopic (exact) mass is 444 g/mol. The van der Waals surface area contributed by atoms with Crippen LogP contribution in [-0.2, 0) is 6.54 Å². The van der Waals surface area contributed by atoms with Gasteiger partial charge in [-0.1, -0.05) is 79.9 Å². The molecule has 0 bridgehead atoms. The first kappa shape index (κ1) is 22.7. The summed E-state index contributed by atoms with van der Waals surface area (Å²) in [5.74, 6) is 0. The summed E-state index contributed by atoms with van der Waals surface area (Å²) in [4.78, 5) is 9.43. The minimum Gasteiger partial charge on any atom is -0.399 e. The zero-order valence-corrected chi connectivity index (χ0v) is 19.3. The Labute approximate surface area is 201 Å². The molecule has 168 valence electrons. The largest absolute Gasteiger partial charge is 0.399 e. The van der Waals surface area contributed by atoms with E-state index in [0.29, 0.717) is 12.2 Å². The maximum Gasteiger partial charge on any atom is 0.0732 e. The topological polar surface area (TPSA) is 63.3 Å². The molecule has 0 aliphatic carbocycles. The van der Waals surface area contributed by atoms with E-state index in [9.17, 15) is 0 Å². The van der Waals surface area contributed by atoms with Crippen LogP contribution in [0, 0.1) is 0 Å². The highest BCUT2D eigenvalue weighted by Gasteiger charge is 2.14. The summed E-state index contributed by atoms with van der Waals surface area (Å²) in [6, 6.07) is 30.3. The summed E-state index contributed by atoms with van der Waals surface area (Å²) >= 11 is 0. The van der Waals surface area contributed by atoms with Gasteiger partial charge in [0.1, 0.15) is 0 Å². The molecule has 0 amide bonds. The molecule has 0 atom stereocenters. The van der Waals surface area contributed by atoms with Crippen molar-refractivity contribution >= 4 is 22.8 Å². The van der Waals surface area contributed by atoms with Gasteiger partial charge in [-0.15, -0.1) is 0 Å². The summed E-state index contributed by atoms with van der Waals surface area (Å²) < 4.78 is 0. The molecule has 4 rings (SSSR count). The van der Waals surface area contributed by atoms with Crippen LogP contribution in [0.3, 0.4) is 0 Å². The molecule has 0 fully saturated rings. The van der Waals surface area contributed by atoms with Gasteiger partial charge in [-0.05, 0) is 53.4 Å². The lowest BCUT2D eigenvalue weighted by molar-refractivity contribution is 0.855. The fraction of sp³-hybridized carbons (Fsp3) is 0.0667. The number of nitrogens with two attached hydrogens (primary N) is 1. The van der Waals surface area contributed by atoms with Gasteiger partial charge in [-0.3, -0.25) is 9.98 Å². The van der Waals surface area contributed by atoms with E-state index in [1.807, 2.05) is 79.7 Å². The fourth-order valence-electron chi connectivity index (χ4n) is 3.79. The molecular weight excluding hydrogens is 416 g/mol. The first-order chi connectivity index (χ1) is 16.5. The van der Waals surface area contributed by atoms with Crippen molar-refractivity contribution in [2.75, 3.05) is 0 Å². The van der Waals surface area contributed by atoms with Crippen molar-refractivity contribution in [3.05, 3.63) is 133 Å². The van der Waals surface area contributed by atoms with Crippen molar-refractivity contribution in [1.29, 1.82) is 0 Å². The van der Waals surface area contributed by atoms with E-state index >= 15 is 0 Å². The number of aromatic nitrogens is 1. The van der Waals surface area contributed by atoms with Crippen molar-refractivity contribution < 1.29 is 0 Å². The minimum atomic E-state index is 0.536. The average Bonchev–Trinajstić information content (AvgIpc) is 2.88. The molecule has 0 spiro atoms. The third kappa shape index (κ3) is 5.30. The van der Waals surface area contributed by atoms with Gasteiger partial charge in [0.05, 0.1) is 17.9 Å². The molecule has 4 heteroatoms. The Morgan fingerprint density at radius 3 is 2.35 bits per heavy atom. The number of nitrogens with one attached hydrogen (secondary N) is 1. The molecule has 1 heterocycles. The molecule has 34 heavy (non-hydrogen) atoms. The molecule has 0 unspecified atom stereocenters. The Hall–Kier alpha value is -4.44. The van der Waals surface area contributed by atoms with E-state index in [4.69, 9.17) is 10.7 Å². The van der Waals surface area contributed by atoms with Crippen molar-refractivity contribution in [2.24, 2.45) is 10.7 Å². The van der Waals surface area contributed by atoms with Crippen LogP contribution in [0.4, 0.5) is 5.69 Å². The standard InChI is InChI=1S/C30H28N4/c1-21(31)25-13-9-14-26(19-25)22(2)34-29-17-10-16-28(24-11-5-4-6-12-24)30(29)23(3)33-20-27-15-7-8-18-32-27/h4-19,33H,1,3,20,31H2,2H3. The van der Waals surface area contributed by atoms with Crippen LogP contribution < -0.4 is 11.1 Å². The summed E-state index contributed by atoms with van der Waals surface area (Å²) in [5.41, 5.74) is 14.9. The summed E-state index contributed by atoms with van der Waals surface area (Å²) in [5, 5.41) is 3.45. The van der Waals surface area contributed by atoms with Gasteiger partial charge in [0, 0.05) is 28.9 Å². The predicted molar refractivity (Wildman–Crippen MR) is 144 cm³/mol. The molecule has 0 radical (unpaired) electrons. The number of hydrogen-bond donors (Lipinski definition) is 2. The van der Waals surface area contributed by atoms with Crippen molar-refractivity contribution in [3.63, 3.8) is 0 Å². The maximum atomic E-state index is 5.91. The van der Waals surface area contributed by atoms with Gasteiger partial charge in [0.25, 0.3) is 0 Å². The second-order valence-corrected chi connectivity index (χ2v) is 8.02. The van der Waals surface area contributed by atoms with Crippen molar-refractivity contribution in [1.82, 2.24) is 10.3 Å². The number of hydrogen-bond acceptors (Lipinski definition) is 4. The minimum absolute atomic E-state index is 0.536. The highest BCUT2D eigenvalue weighted by Crippen LogP contribution is 2.35. The Morgan fingerprint density at radius 1 is 0.882 bits per heavy atom. The molecule has 4 aromatic rings. The second-order valence-electron chi connectivity index (χ2n) is 8.02. The molecule has 0 saturated carbocycles.